The number of guanidine groups is 1. The third kappa shape index (κ3) is 5.41. The molecule has 0 bridgehead atoms. The van der Waals surface area contributed by atoms with E-state index in [1.807, 2.05) is 55.7 Å². The minimum absolute atomic E-state index is 0.235. The number of hydrogen-bond acceptors (Lipinski definition) is 6. The molecule has 9 heteroatoms. The topological polar surface area (TPSA) is 92.5 Å². The highest BCUT2D eigenvalue weighted by molar-refractivity contribution is 5.79. The molecule has 9 nitrogen and oxygen atoms in total. The summed E-state index contributed by atoms with van der Waals surface area (Å²) in [6, 6.07) is 5.97. The van der Waals surface area contributed by atoms with Crippen LogP contribution in [-0.2, 0) is 24.9 Å². The molecular formula is C19H30N8O. The maximum Gasteiger partial charge on any atom is 0.192 e. The van der Waals surface area contributed by atoms with Crippen LogP contribution in [0.2, 0.25) is 0 Å². The Kier molecular flexibility index (Phi) is 6.80. The first kappa shape index (κ1) is 20.1. The molecule has 2 aromatic rings. The monoisotopic (exact) mass is 386 g/mol. The Balaban J connectivity index is 1.66. The molecular weight excluding hydrogens is 356 g/mol. The van der Waals surface area contributed by atoms with E-state index in [1.165, 1.54) is 0 Å². The zero-order valence-electron chi connectivity index (χ0n) is 17.1. The second-order valence-corrected chi connectivity index (χ2v) is 7.14. The lowest BCUT2D eigenvalue weighted by Crippen LogP contribution is -2.41. The number of aliphatic imine (C=N–C) groups is 1. The summed E-state index contributed by atoms with van der Waals surface area (Å²) in [4.78, 5) is 11.3. The normalized spacial score (nSPS) is 17.0. The van der Waals surface area contributed by atoms with Crippen LogP contribution < -0.4 is 15.5 Å². The lowest BCUT2D eigenvalue weighted by molar-refractivity contribution is 0.113. The highest BCUT2D eigenvalue weighted by Gasteiger charge is 2.16. The van der Waals surface area contributed by atoms with Gasteiger partial charge in [0.2, 0.25) is 0 Å². The second-order valence-electron chi connectivity index (χ2n) is 7.14. The van der Waals surface area contributed by atoms with Gasteiger partial charge in [0.25, 0.3) is 0 Å². The first-order valence-corrected chi connectivity index (χ1v) is 9.65. The zero-order valence-corrected chi connectivity index (χ0v) is 17.1. The number of nitrogens with one attached hydrogen (secondary N) is 2. The smallest absolute Gasteiger partial charge is 0.192 e. The van der Waals surface area contributed by atoms with Crippen LogP contribution in [0.15, 0.2) is 23.2 Å². The summed E-state index contributed by atoms with van der Waals surface area (Å²) in [5, 5.41) is 15.0. The molecule has 1 aliphatic rings. The summed E-state index contributed by atoms with van der Waals surface area (Å²) in [6.07, 6.45) is 2.43. The largest absolute Gasteiger partial charge is 0.376 e. The molecule has 0 amide bonds. The highest BCUT2D eigenvalue weighted by atomic mass is 16.5. The van der Waals surface area contributed by atoms with E-state index in [2.05, 4.69) is 25.8 Å². The van der Waals surface area contributed by atoms with Gasteiger partial charge in [-0.25, -0.2) is 9.98 Å². The quantitative estimate of drug-likeness (QED) is 0.542. The van der Waals surface area contributed by atoms with Crippen molar-refractivity contribution in [2.24, 2.45) is 12.0 Å². The van der Waals surface area contributed by atoms with Gasteiger partial charge in [-0.1, -0.05) is 6.07 Å². The van der Waals surface area contributed by atoms with E-state index >= 15 is 0 Å². The summed E-state index contributed by atoms with van der Waals surface area (Å²) >= 11 is 0. The summed E-state index contributed by atoms with van der Waals surface area (Å²) in [5.41, 5.74) is 0.916. The van der Waals surface area contributed by atoms with Gasteiger partial charge >= 0.3 is 0 Å². The molecule has 3 heterocycles. The first-order valence-electron chi connectivity index (χ1n) is 9.65. The van der Waals surface area contributed by atoms with Crippen LogP contribution in [0, 0.1) is 6.92 Å². The van der Waals surface area contributed by atoms with Crippen molar-refractivity contribution < 1.29 is 4.74 Å². The van der Waals surface area contributed by atoms with Gasteiger partial charge in [0.1, 0.15) is 11.6 Å². The molecule has 1 saturated heterocycles. The molecule has 1 unspecified atom stereocenters. The predicted octanol–water partition coefficient (Wildman–Crippen LogP) is 0.999. The second kappa shape index (κ2) is 9.50. The highest BCUT2D eigenvalue weighted by Crippen LogP contribution is 2.11. The molecule has 1 aliphatic heterocycles. The van der Waals surface area contributed by atoms with Crippen molar-refractivity contribution in [3.8, 4) is 0 Å². The SMILES string of the molecule is Cc1nnc(CNC(=NCc2cccc(N(C)C)n2)NCC2CCCO2)n1C. The van der Waals surface area contributed by atoms with Gasteiger partial charge in [0, 0.05) is 34.3 Å². The van der Waals surface area contributed by atoms with Crippen LogP contribution >= 0.6 is 0 Å². The average molecular weight is 387 g/mol. The van der Waals surface area contributed by atoms with Gasteiger partial charge in [0.05, 0.1) is 24.9 Å². The Bertz CT molecular complexity index is 795. The van der Waals surface area contributed by atoms with Crippen LogP contribution in [0.1, 0.15) is 30.2 Å². The molecule has 0 spiro atoms. The van der Waals surface area contributed by atoms with Gasteiger partial charge in [0.15, 0.2) is 11.8 Å². The third-order valence-corrected chi connectivity index (χ3v) is 4.77. The maximum absolute atomic E-state index is 5.70. The van der Waals surface area contributed by atoms with Gasteiger partial charge in [-0.15, -0.1) is 10.2 Å². The summed E-state index contributed by atoms with van der Waals surface area (Å²) in [7, 11) is 5.92. The summed E-state index contributed by atoms with van der Waals surface area (Å²) in [5.74, 6) is 3.38. The predicted molar refractivity (Wildman–Crippen MR) is 109 cm³/mol. The van der Waals surface area contributed by atoms with E-state index in [0.29, 0.717) is 19.0 Å². The molecule has 28 heavy (non-hydrogen) atoms. The van der Waals surface area contributed by atoms with Crippen molar-refractivity contribution in [2.75, 3.05) is 32.1 Å². The number of anilines is 1. The molecule has 0 aromatic carbocycles. The maximum atomic E-state index is 5.70. The molecule has 0 saturated carbocycles. The summed E-state index contributed by atoms with van der Waals surface area (Å²) < 4.78 is 7.67. The number of hydrogen-bond donors (Lipinski definition) is 2. The zero-order chi connectivity index (χ0) is 19.9. The fourth-order valence-corrected chi connectivity index (χ4v) is 2.92. The average Bonchev–Trinajstić information content (AvgIpc) is 3.32. The molecule has 2 aromatic heterocycles. The number of ether oxygens (including phenoxy) is 1. The molecule has 2 N–H and O–H groups in total. The fraction of sp³-hybridized carbons (Fsp3) is 0.579. The first-order chi connectivity index (χ1) is 13.5. The van der Waals surface area contributed by atoms with Crippen LogP contribution in [0.4, 0.5) is 5.82 Å². The van der Waals surface area contributed by atoms with E-state index < -0.39 is 0 Å². The summed E-state index contributed by atoms with van der Waals surface area (Å²) in [6.45, 7) is 4.53. The Labute approximate surface area is 166 Å². The van der Waals surface area contributed by atoms with Crippen molar-refractivity contribution in [1.29, 1.82) is 0 Å². The lowest BCUT2D eigenvalue weighted by Gasteiger charge is -2.16. The van der Waals surface area contributed by atoms with Gasteiger partial charge in [-0.3, -0.25) is 0 Å². The molecule has 1 fully saturated rings. The number of nitrogens with zero attached hydrogens (tertiary/aromatic N) is 6. The number of rotatable bonds is 7. The number of aryl methyl sites for hydroxylation is 1. The number of pyridine rings is 1. The standard InChI is InChI=1S/C19H30N8O/c1-14-24-25-18(27(14)4)13-22-19(21-12-16-8-6-10-28-16)20-11-15-7-5-9-17(23-15)26(2)3/h5,7,9,16H,6,8,10-13H2,1-4H3,(H2,20,21,22). The molecule has 3 rings (SSSR count). The van der Waals surface area contributed by atoms with Crippen molar-refractivity contribution in [2.45, 2.75) is 39.0 Å². The van der Waals surface area contributed by atoms with Gasteiger partial charge in [-0.05, 0) is 31.9 Å². The van der Waals surface area contributed by atoms with Crippen molar-refractivity contribution >= 4 is 11.8 Å². The van der Waals surface area contributed by atoms with Crippen molar-refractivity contribution in [3.05, 3.63) is 35.5 Å². The van der Waals surface area contributed by atoms with E-state index in [9.17, 15) is 0 Å². The molecule has 152 valence electrons. The van der Waals surface area contributed by atoms with E-state index in [4.69, 9.17) is 9.73 Å². The van der Waals surface area contributed by atoms with E-state index in [0.717, 1.165) is 49.2 Å². The van der Waals surface area contributed by atoms with Crippen LogP contribution in [-0.4, -0.2) is 59.1 Å². The number of aromatic nitrogens is 4. The van der Waals surface area contributed by atoms with Crippen LogP contribution in [0.25, 0.3) is 0 Å². The minimum Gasteiger partial charge on any atom is -0.376 e. The van der Waals surface area contributed by atoms with Crippen LogP contribution in [0.5, 0.6) is 0 Å². The lowest BCUT2D eigenvalue weighted by atomic mass is 10.2. The Morgan fingerprint density at radius 2 is 2.18 bits per heavy atom. The Hall–Kier alpha value is -2.68. The Morgan fingerprint density at radius 1 is 1.32 bits per heavy atom. The molecule has 0 aliphatic carbocycles. The Morgan fingerprint density at radius 3 is 2.86 bits per heavy atom. The minimum atomic E-state index is 0.235. The van der Waals surface area contributed by atoms with E-state index in [1.54, 1.807) is 0 Å². The molecule has 0 radical (unpaired) electrons. The van der Waals surface area contributed by atoms with Crippen molar-refractivity contribution in [1.82, 2.24) is 30.4 Å². The van der Waals surface area contributed by atoms with Crippen molar-refractivity contribution in [3.63, 3.8) is 0 Å². The van der Waals surface area contributed by atoms with E-state index in [-0.39, 0.29) is 6.10 Å². The molecule has 1 atom stereocenters. The van der Waals surface area contributed by atoms with Crippen LogP contribution in [0.3, 0.4) is 0 Å². The third-order valence-electron chi connectivity index (χ3n) is 4.77. The van der Waals surface area contributed by atoms with Gasteiger partial charge < -0.3 is 24.8 Å². The fourth-order valence-electron chi connectivity index (χ4n) is 2.92. The van der Waals surface area contributed by atoms with Gasteiger partial charge in [-0.2, -0.15) is 0 Å².